The summed E-state index contributed by atoms with van der Waals surface area (Å²) < 4.78 is 4.79. The van der Waals surface area contributed by atoms with Gasteiger partial charge >= 0.3 is 5.97 Å². The highest BCUT2D eigenvalue weighted by Gasteiger charge is 2.25. The number of carbonyl (C=O) groups excluding carboxylic acids is 1. The molecule has 0 aliphatic heterocycles. The van der Waals surface area contributed by atoms with Crippen molar-refractivity contribution in [2.75, 3.05) is 7.11 Å². The van der Waals surface area contributed by atoms with Crippen LogP contribution >= 0.6 is 22.9 Å². The van der Waals surface area contributed by atoms with Crippen LogP contribution in [0.4, 0.5) is 0 Å². The number of aliphatic hydroxyl groups excluding tert-OH is 1. The van der Waals surface area contributed by atoms with E-state index in [1.807, 2.05) is 12.1 Å². The van der Waals surface area contributed by atoms with Crippen LogP contribution in [0.1, 0.15) is 90.1 Å². The zero-order chi connectivity index (χ0) is 22.2. The van der Waals surface area contributed by atoms with Crippen molar-refractivity contribution >= 4 is 34.5 Å². The van der Waals surface area contributed by atoms with E-state index in [0.29, 0.717) is 10.8 Å². The molecular weight excluding hydrogens is 428 g/mol. The summed E-state index contributed by atoms with van der Waals surface area (Å²) in [7, 11) is 1.42. The molecule has 2 aromatic rings. The number of benzene rings is 1. The Balaban J connectivity index is 1.57. The number of unbranched alkanes of at least 4 members (excludes halogenated alkanes) is 2. The van der Waals surface area contributed by atoms with E-state index in [0.717, 1.165) is 62.0 Å². The lowest BCUT2D eigenvalue weighted by molar-refractivity contribution is 0.0606. The van der Waals surface area contributed by atoms with Gasteiger partial charge in [0.05, 0.1) is 13.2 Å². The number of rotatable bonds is 11. The lowest BCUT2D eigenvalue weighted by Gasteiger charge is -2.17. The minimum Gasteiger partial charge on any atom is -0.465 e. The topological polar surface area (TPSA) is 46.5 Å². The molecule has 3 nitrogen and oxygen atoms in total. The number of carbonyl (C=O) groups is 1. The van der Waals surface area contributed by atoms with Gasteiger partial charge in [-0.25, -0.2) is 4.79 Å². The predicted molar refractivity (Wildman–Crippen MR) is 130 cm³/mol. The summed E-state index contributed by atoms with van der Waals surface area (Å²) in [5.41, 5.74) is 3.45. The van der Waals surface area contributed by atoms with Gasteiger partial charge in [-0.05, 0) is 73.3 Å². The first-order chi connectivity index (χ1) is 15.0. The van der Waals surface area contributed by atoms with Gasteiger partial charge < -0.3 is 9.84 Å². The van der Waals surface area contributed by atoms with Gasteiger partial charge in [-0.1, -0.05) is 62.1 Å². The number of hydrogen-bond donors (Lipinski definition) is 1. The molecule has 0 spiro atoms. The smallest absolute Gasteiger partial charge is 0.348 e. The van der Waals surface area contributed by atoms with Crippen LogP contribution in [0.25, 0.3) is 5.57 Å². The third-order valence-electron chi connectivity index (χ3n) is 6.12. The lowest BCUT2D eigenvalue weighted by Crippen LogP contribution is -2.02. The summed E-state index contributed by atoms with van der Waals surface area (Å²) >= 11 is 8.15. The Labute approximate surface area is 195 Å². The van der Waals surface area contributed by atoms with Crippen molar-refractivity contribution in [3.05, 3.63) is 62.3 Å². The van der Waals surface area contributed by atoms with Gasteiger partial charge in [0.25, 0.3) is 0 Å². The second-order valence-electron chi connectivity index (χ2n) is 8.34. The molecule has 1 aliphatic rings. The molecule has 0 fully saturated rings. The van der Waals surface area contributed by atoms with Gasteiger partial charge in [0.2, 0.25) is 0 Å². The Hall–Kier alpha value is -1.62. The highest BCUT2D eigenvalue weighted by Crippen LogP contribution is 2.43. The van der Waals surface area contributed by atoms with E-state index in [1.165, 1.54) is 40.9 Å². The van der Waals surface area contributed by atoms with Crippen LogP contribution in [0, 0.1) is 5.92 Å². The minimum absolute atomic E-state index is 0.261. The van der Waals surface area contributed by atoms with Gasteiger partial charge in [-0.3, -0.25) is 0 Å². The molecule has 0 saturated heterocycles. The fourth-order valence-electron chi connectivity index (χ4n) is 4.37. The van der Waals surface area contributed by atoms with Crippen LogP contribution in [0.5, 0.6) is 0 Å². The number of hydrogen-bond acceptors (Lipinski definition) is 4. The number of ether oxygens (including phenoxy) is 1. The molecular formula is C26H33ClO3S. The third kappa shape index (κ3) is 6.44. The largest absolute Gasteiger partial charge is 0.465 e. The molecule has 1 aromatic heterocycles. The molecule has 0 radical (unpaired) electrons. The molecule has 0 unspecified atom stereocenters. The number of allylic oxidation sites excluding steroid dienone is 2. The summed E-state index contributed by atoms with van der Waals surface area (Å²) in [5, 5.41) is 11.4. The van der Waals surface area contributed by atoms with Gasteiger partial charge in [0.15, 0.2) is 0 Å². The number of thiophene rings is 1. The van der Waals surface area contributed by atoms with Crippen molar-refractivity contribution in [2.24, 2.45) is 5.92 Å². The van der Waals surface area contributed by atoms with E-state index >= 15 is 0 Å². The average Bonchev–Trinajstić information content (AvgIpc) is 3.40. The quantitative estimate of drug-likeness (QED) is 0.278. The summed E-state index contributed by atoms with van der Waals surface area (Å²) in [6.45, 7) is 2.18. The summed E-state index contributed by atoms with van der Waals surface area (Å²) in [4.78, 5) is 13.5. The van der Waals surface area contributed by atoms with Crippen molar-refractivity contribution < 1.29 is 14.6 Å². The fourth-order valence-corrected chi connectivity index (χ4v) is 5.71. The van der Waals surface area contributed by atoms with Crippen molar-refractivity contribution in [3.63, 3.8) is 0 Å². The summed E-state index contributed by atoms with van der Waals surface area (Å²) in [6, 6.07) is 12.2. The molecule has 1 heterocycles. The molecule has 1 aromatic carbocycles. The standard InChI is InChI=1S/C26H33ClO3S/c1-3-4-5-9-23(28)18-10-12-20(13-11-18)25-19(14-16-22(25)27)7-6-8-21-15-17-24(31-21)26(29)30-2/h10-13,15,17,19,23,28H,3-9,14,16H2,1-2H3/t19-,23-/m0/s1. The van der Waals surface area contributed by atoms with Crippen LogP contribution < -0.4 is 0 Å². The fraction of sp³-hybridized carbons (Fsp3) is 0.500. The van der Waals surface area contributed by atoms with Crippen LogP contribution in [-0.4, -0.2) is 18.2 Å². The third-order valence-corrected chi connectivity index (χ3v) is 7.64. The highest BCUT2D eigenvalue weighted by atomic mass is 35.5. The molecule has 31 heavy (non-hydrogen) atoms. The molecule has 3 rings (SSSR count). The molecule has 2 atom stereocenters. The van der Waals surface area contributed by atoms with Crippen molar-refractivity contribution in [2.45, 2.75) is 70.8 Å². The maximum absolute atomic E-state index is 11.6. The van der Waals surface area contributed by atoms with Crippen LogP contribution in [0.2, 0.25) is 0 Å². The zero-order valence-corrected chi connectivity index (χ0v) is 20.1. The van der Waals surface area contributed by atoms with Crippen molar-refractivity contribution in [3.8, 4) is 0 Å². The number of esters is 1. The maximum Gasteiger partial charge on any atom is 0.348 e. The van der Waals surface area contributed by atoms with Crippen LogP contribution in [-0.2, 0) is 11.2 Å². The first kappa shape index (κ1) is 24.0. The predicted octanol–water partition coefficient (Wildman–Crippen LogP) is 7.53. The Bertz CT molecular complexity index is 884. The number of halogens is 1. The highest BCUT2D eigenvalue weighted by molar-refractivity contribution is 7.13. The second kappa shape index (κ2) is 11.8. The Morgan fingerprint density at radius 1 is 1.19 bits per heavy atom. The van der Waals surface area contributed by atoms with E-state index in [1.54, 1.807) is 0 Å². The average molecular weight is 461 g/mol. The molecule has 1 aliphatic carbocycles. The van der Waals surface area contributed by atoms with E-state index < -0.39 is 0 Å². The van der Waals surface area contributed by atoms with E-state index in [9.17, 15) is 9.90 Å². The van der Waals surface area contributed by atoms with Crippen LogP contribution in [0.3, 0.4) is 0 Å². The summed E-state index contributed by atoms with van der Waals surface area (Å²) in [6.07, 6.45) is 8.96. The minimum atomic E-state index is -0.384. The van der Waals surface area contributed by atoms with E-state index in [2.05, 4.69) is 31.2 Å². The van der Waals surface area contributed by atoms with E-state index in [4.69, 9.17) is 16.3 Å². The first-order valence-electron chi connectivity index (χ1n) is 11.4. The lowest BCUT2D eigenvalue weighted by atomic mass is 9.89. The van der Waals surface area contributed by atoms with Crippen molar-refractivity contribution in [1.29, 1.82) is 0 Å². The number of methoxy groups -OCH3 is 1. The Kier molecular flexibility index (Phi) is 9.18. The molecule has 5 heteroatoms. The Morgan fingerprint density at radius 2 is 1.97 bits per heavy atom. The molecule has 0 saturated carbocycles. The van der Waals surface area contributed by atoms with Crippen LogP contribution in [0.15, 0.2) is 41.4 Å². The van der Waals surface area contributed by atoms with E-state index in [-0.39, 0.29) is 12.1 Å². The van der Waals surface area contributed by atoms with Crippen molar-refractivity contribution in [1.82, 2.24) is 0 Å². The molecule has 0 amide bonds. The SMILES string of the molecule is CCCCC[C@H](O)c1ccc(C2=C(Cl)CC[C@@H]2CCCc2ccc(C(=O)OC)s2)cc1. The molecule has 168 valence electrons. The number of aryl methyl sites for hydroxylation is 1. The summed E-state index contributed by atoms with van der Waals surface area (Å²) in [5.74, 6) is 0.204. The van der Waals surface area contributed by atoms with Gasteiger partial charge in [0, 0.05) is 9.91 Å². The van der Waals surface area contributed by atoms with Gasteiger partial charge in [0.1, 0.15) is 4.88 Å². The van der Waals surface area contributed by atoms with Gasteiger partial charge in [-0.15, -0.1) is 11.3 Å². The second-order valence-corrected chi connectivity index (χ2v) is 9.96. The monoisotopic (exact) mass is 460 g/mol. The number of aliphatic hydroxyl groups is 1. The molecule has 1 N–H and O–H groups in total. The first-order valence-corrected chi connectivity index (χ1v) is 12.6. The molecule has 0 bridgehead atoms. The maximum atomic E-state index is 11.6. The normalized spacial score (nSPS) is 17.2. The van der Waals surface area contributed by atoms with Gasteiger partial charge in [-0.2, -0.15) is 0 Å². The Morgan fingerprint density at radius 3 is 2.68 bits per heavy atom. The zero-order valence-electron chi connectivity index (χ0n) is 18.5.